The highest BCUT2D eigenvalue weighted by atomic mass is 32.2. The molecular formula is C19H33NO2S3. The molecule has 0 saturated carbocycles. The lowest BCUT2D eigenvalue weighted by molar-refractivity contribution is -0.138. The monoisotopic (exact) mass is 403 g/mol. The molecule has 0 aromatic rings. The van der Waals surface area contributed by atoms with Crippen LogP contribution in [0.2, 0.25) is 0 Å². The van der Waals surface area contributed by atoms with Gasteiger partial charge in [-0.3, -0.25) is 0 Å². The fraction of sp³-hybridized carbons (Fsp3) is 0.842. The number of rotatable bonds is 15. The summed E-state index contributed by atoms with van der Waals surface area (Å²) in [5, 5.41) is 18.6. The number of hydrogen-bond donors (Lipinski definition) is 1. The van der Waals surface area contributed by atoms with E-state index in [0.717, 1.165) is 23.9 Å². The molecule has 3 nitrogen and oxygen atoms in total. The molecule has 1 N–H and O–H groups in total. The number of nitrogens with zero attached hydrogens (tertiary/aromatic N) is 1. The lowest BCUT2D eigenvalue weighted by Crippen LogP contribution is -2.34. The van der Waals surface area contributed by atoms with Crippen molar-refractivity contribution in [2.75, 3.05) is 5.75 Å². The van der Waals surface area contributed by atoms with E-state index in [1.807, 2.05) is 13.0 Å². The first-order valence-corrected chi connectivity index (χ1v) is 11.7. The maximum atomic E-state index is 11.4. The predicted octanol–water partition coefficient (Wildman–Crippen LogP) is 6.81. The molecule has 6 heteroatoms. The van der Waals surface area contributed by atoms with Crippen LogP contribution >= 0.6 is 35.7 Å². The quantitative estimate of drug-likeness (QED) is 0.239. The summed E-state index contributed by atoms with van der Waals surface area (Å²) in [5.74, 6) is -0.168. The molecule has 0 rings (SSSR count). The van der Waals surface area contributed by atoms with Crippen molar-refractivity contribution in [2.24, 2.45) is 0 Å². The fourth-order valence-corrected chi connectivity index (χ4v) is 5.42. The molecule has 0 bridgehead atoms. The van der Waals surface area contributed by atoms with E-state index in [2.05, 4.69) is 6.92 Å². The smallest absolute Gasteiger partial charge is 0.334 e. The van der Waals surface area contributed by atoms with Crippen LogP contribution in [-0.2, 0) is 4.79 Å². The third-order valence-corrected chi connectivity index (χ3v) is 7.02. The maximum Gasteiger partial charge on any atom is 0.334 e. The van der Waals surface area contributed by atoms with Gasteiger partial charge in [-0.15, -0.1) is 11.8 Å². The Morgan fingerprint density at radius 1 is 1.00 bits per heavy atom. The van der Waals surface area contributed by atoms with Crippen molar-refractivity contribution in [1.82, 2.24) is 0 Å². The highest BCUT2D eigenvalue weighted by molar-refractivity contribution is 8.47. The van der Waals surface area contributed by atoms with Crippen LogP contribution in [0.25, 0.3) is 0 Å². The Morgan fingerprint density at radius 3 is 1.96 bits per heavy atom. The van der Waals surface area contributed by atoms with Gasteiger partial charge in [-0.05, 0) is 18.6 Å². The average Bonchev–Trinajstić information content (AvgIpc) is 2.59. The highest BCUT2D eigenvalue weighted by Crippen LogP contribution is 2.35. The highest BCUT2D eigenvalue weighted by Gasteiger charge is 2.40. The fourth-order valence-electron chi connectivity index (χ4n) is 2.60. The van der Waals surface area contributed by atoms with Gasteiger partial charge in [0.15, 0.2) is 0 Å². The number of carboxylic acid groups (broad SMARTS) is 1. The second-order valence-electron chi connectivity index (χ2n) is 6.38. The SMILES string of the molecule is CCCCCCCCCCCCSC(=S)SC(C#N)(CCC)C(=O)O. The number of carbonyl (C=O) groups is 1. The molecule has 0 aliphatic rings. The maximum absolute atomic E-state index is 11.4. The van der Waals surface area contributed by atoms with Crippen LogP contribution < -0.4 is 0 Å². The van der Waals surface area contributed by atoms with E-state index in [-0.39, 0.29) is 0 Å². The average molecular weight is 404 g/mol. The Balaban J connectivity index is 3.76. The summed E-state index contributed by atoms with van der Waals surface area (Å²) in [6, 6.07) is 1.95. The van der Waals surface area contributed by atoms with Gasteiger partial charge in [0.05, 0.1) is 6.07 Å². The molecule has 0 aromatic carbocycles. The Bertz CT molecular complexity index is 423. The number of aliphatic carboxylic acids is 1. The van der Waals surface area contributed by atoms with Gasteiger partial charge in [-0.1, -0.05) is 102 Å². The van der Waals surface area contributed by atoms with Crippen LogP contribution in [0.3, 0.4) is 0 Å². The number of hydrogen-bond acceptors (Lipinski definition) is 5. The second kappa shape index (κ2) is 16.0. The largest absolute Gasteiger partial charge is 0.479 e. The molecule has 0 heterocycles. The molecule has 0 spiro atoms. The van der Waals surface area contributed by atoms with Gasteiger partial charge in [0.2, 0.25) is 4.75 Å². The van der Waals surface area contributed by atoms with Gasteiger partial charge < -0.3 is 5.11 Å². The van der Waals surface area contributed by atoms with Crippen molar-refractivity contribution >= 4 is 45.2 Å². The zero-order valence-electron chi connectivity index (χ0n) is 15.7. The van der Waals surface area contributed by atoms with E-state index < -0.39 is 10.7 Å². The van der Waals surface area contributed by atoms with Crippen molar-refractivity contribution < 1.29 is 9.90 Å². The van der Waals surface area contributed by atoms with E-state index in [1.54, 1.807) is 0 Å². The Hall–Kier alpha value is -0.250. The van der Waals surface area contributed by atoms with Crippen LogP contribution in [0, 0.1) is 11.3 Å². The summed E-state index contributed by atoms with van der Waals surface area (Å²) in [4.78, 5) is 11.4. The summed E-state index contributed by atoms with van der Waals surface area (Å²) >= 11 is 7.84. The summed E-state index contributed by atoms with van der Waals surface area (Å²) in [7, 11) is 0. The minimum atomic E-state index is -1.42. The van der Waals surface area contributed by atoms with E-state index in [9.17, 15) is 15.2 Å². The van der Waals surface area contributed by atoms with Crippen molar-refractivity contribution in [3.05, 3.63) is 0 Å². The molecule has 0 aliphatic carbocycles. The minimum absolute atomic E-state index is 0.322. The van der Waals surface area contributed by atoms with Gasteiger partial charge in [-0.2, -0.15) is 5.26 Å². The summed E-state index contributed by atoms with van der Waals surface area (Å²) in [5.41, 5.74) is 0. The molecule has 0 radical (unpaired) electrons. The van der Waals surface area contributed by atoms with Gasteiger partial charge >= 0.3 is 5.97 Å². The molecule has 25 heavy (non-hydrogen) atoms. The zero-order valence-corrected chi connectivity index (χ0v) is 18.2. The van der Waals surface area contributed by atoms with Crippen LogP contribution in [0.4, 0.5) is 0 Å². The summed E-state index contributed by atoms with van der Waals surface area (Å²) in [6.45, 7) is 4.13. The Labute approximate surface area is 167 Å². The minimum Gasteiger partial charge on any atom is -0.479 e. The predicted molar refractivity (Wildman–Crippen MR) is 115 cm³/mol. The Morgan fingerprint density at radius 2 is 1.52 bits per heavy atom. The normalized spacial score (nSPS) is 13.2. The van der Waals surface area contributed by atoms with Gasteiger partial charge in [0, 0.05) is 0 Å². The van der Waals surface area contributed by atoms with Crippen LogP contribution in [0.15, 0.2) is 0 Å². The van der Waals surface area contributed by atoms with E-state index >= 15 is 0 Å². The molecule has 1 unspecified atom stereocenters. The molecule has 0 fully saturated rings. The molecule has 0 saturated heterocycles. The molecule has 0 aromatic heterocycles. The number of thiocarbonyl (C=S) groups is 1. The molecular weight excluding hydrogens is 370 g/mol. The van der Waals surface area contributed by atoms with Crippen molar-refractivity contribution in [3.8, 4) is 6.07 Å². The first-order valence-electron chi connectivity index (χ1n) is 9.52. The lowest BCUT2D eigenvalue weighted by atomic mass is 10.1. The first kappa shape index (κ1) is 24.8. The van der Waals surface area contributed by atoms with Crippen molar-refractivity contribution in [3.63, 3.8) is 0 Å². The zero-order chi connectivity index (χ0) is 19.0. The number of unbranched alkanes of at least 4 members (excludes halogenated alkanes) is 9. The van der Waals surface area contributed by atoms with Gasteiger partial charge in [0.25, 0.3) is 0 Å². The summed E-state index contributed by atoms with van der Waals surface area (Å²) in [6.07, 6.45) is 14.0. The molecule has 0 aliphatic heterocycles. The number of nitriles is 1. The Kier molecular flexibility index (Phi) is 15.8. The van der Waals surface area contributed by atoms with Crippen LogP contribution in [-0.4, -0.2) is 25.1 Å². The van der Waals surface area contributed by atoms with Crippen molar-refractivity contribution in [2.45, 2.75) is 95.6 Å². The van der Waals surface area contributed by atoms with E-state index in [1.165, 1.54) is 69.5 Å². The lowest BCUT2D eigenvalue weighted by Gasteiger charge is -2.20. The third-order valence-electron chi connectivity index (χ3n) is 4.10. The second-order valence-corrected chi connectivity index (χ2v) is 9.97. The topological polar surface area (TPSA) is 61.1 Å². The van der Waals surface area contributed by atoms with Crippen LogP contribution in [0.1, 0.15) is 90.9 Å². The third kappa shape index (κ3) is 11.9. The van der Waals surface area contributed by atoms with E-state index in [0.29, 0.717) is 16.4 Å². The van der Waals surface area contributed by atoms with Crippen molar-refractivity contribution in [1.29, 1.82) is 5.26 Å². The van der Waals surface area contributed by atoms with Crippen LogP contribution in [0.5, 0.6) is 0 Å². The number of thioether (sulfide) groups is 2. The van der Waals surface area contributed by atoms with Gasteiger partial charge in [0.1, 0.15) is 3.53 Å². The summed E-state index contributed by atoms with van der Waals surface area (Å²) < 4.78 is -0.843. The molecule has 1 atom stereocenters. The van der Waals surface area contributed by atoms with Gasteiger partial charge in [-0.25, -0.2) is 4.79 Å². The molecule has 0 amide bonds. The number of carboxylic acids is 1. The molecule has 144 valence electrons. The van der Waals surface area contributed by atoms with E-state index in [4.69, 9.17) is 12.2 Å². The standard InChI is InChI=1S/C19H33NO2S3/c1-3-5-6-7-8-9-10-11-12-13-15-24-18(23)25-19(16-20,14-4-2)17(21)22/h3-15H2,1-2H3,(H,21,22). The first-order chi connectivity index (χ1) is 12.0.